The average molecular weight is 477 g/mol. The number of carbonyl (C=O) groups is 1. The quantitative estimate of drug-likeness (QED) is 0.448. The number of nitrogens with zero attached hydrogens (tertiary/aromatic N) is 2. The minimum atomic E-state index is -0.0955. The molecule has 1 N–H and O–H groups in total. The third-order valence-electron chi connectivity index (χ3n) is 4.53. The Labute approximate surface area is 184 Å². The fourth-order valence-corrected chi connectivity index (χ4v) is 3.33. The molecule has 3 rings (SSSR count). The molecule has 0 aliphatic rings. The number of aryl methyl sites for hydroxylation is 2. The summed E-state index contributed by atoms with van der Waals surface area (Å²) >= 11 is 9.57. The van der Waals surface area contributed by atoms with Crippen LogP contribution in [-0.2, 0) is 13.2 Å². The van der Waals surface area contributed by atoms with Crippen LogP contribution in [0.15, 0.2) is 53.0 Å². The molecular formula is C22H23BrClN3O2. The van der Waals surface area contributed by atoms with E-state index in [1.54, 1.807) is 6.07 Å². The molecule has 7 heteroatoms. The Balaban J connectivity index is 1.48. The van der Waals surface area contributed by atoms with Gasteiger partial charge in [-0.05, 0) is 62.2 Å². The zero-order chi connectivity index (χ0) is 20.8. The Hall–Kier alpha value is -2.31. The molecule has 1 amide bonds. The SMILES string of the molecule is Cc1nn(CCCNC(=O)c2cccc(COc3ccc(Br)cc3)c2)c(C)c1Cl. The van der Waals surface area contributed by atoms with Crippen molar-refractivity contribution in [2.75, 3.05) is 6.54 Å². The van der Waals surface area contributed by atoms with Crippen molar-refractivity contribution >= 4 is 33.4 Å². The minimum Gasteiger partial charge on any atom is -0.489 e. The Kier molecular flexibility index (Phi) is 7.34. The van der Waals surface area contributed by atoms with Crippen molar-refractivity contribution in [3.8, 4) is 5.75 Å². The highest BCUT2D eigenvalue weighted by Gasteiger charge is 2.09. The van der Waals surface area contributed by atoms with Crippen LogP contribution in [0.2, 0.25) is 5.02 Å². The third-order valence-corrected chi connectivity index (χ3v) is 5.61. The van der Waals surface area contributed by atoms with Crippen LogP contribution in [0.1, 0.15) is 33.7 Å². The zero-order valence-corrected chi connectivity index (χ0v) is 18.8. The highest BCUT2D eigenvalue weighted by molar-refractivity contribution is 9.10. The van der Waals surface area contributed by atoms with Crippen LogP contribution in [0.4, 0.5) is 0 Å². The van der Waals surface area contributed by atoms with E-state index in [-0.39, 0.29) is 5.91 Å². The Morgan fingerprint density at radius 1 is 1.21 bits per heavy atom. The maximum atomic E-state index is 12.4. The van der Waals surface area contributed by atoms with Crippen molar-refractivity contribution in [2.24, 2.45) is 0 Å². The maximum Gasteiger partial charge on any atom is 0.251 e. The molecule has 0 fully saturated rings. The number of carbonyl (C=O) groups excluding carboxylic acids is 1. The number of rotatable bonds is 8. The van der Waals surface area contributed by atoms with Crippen molar-refractivity contribution in [3.63, 3.8) is 0 Å². The fraction of sp³-hybridized carbons (Fsp3) is 0.273. The number of benzene rings is 2. The van der Waals surface area contributed by atoms with Gasteiger partial charge in [0.2, 0.25) is 0 Å². The lowest BCUT2D eigenvalue weighted by Gasteiger charge is -2.09. The number of ether oxygens (including phenoxy) is 1. The summed E-state index contributed by atoms with van der Waals surface area (Å²) in [6.45, 7) is 5.51. The highest BCUT2D eigenvalue weighted by Crippen LogP contribution is 2.19. The molecule has 0 spiro atoms. The fourth-order valence-electron chi connectivity index (χ4n) is 2.93. The third kappa shape index (κ3) is 5.84. The van der Waals surface area contributed by atoms with Crippen LogP contribution in [0.5, 0.6) is 5.75 Å². The lowest BCUT2D eigenvalue weighted by atomic mass is 10.1. The van der Waals surface area contributed by atoms with E-state index in [2.05, 4.69) is 26.3 Å². The van der Waals surface area contributed by atoms with E-state index in [9.17, 15) is 4.79 Å². The van der Waals surface area contributed by atoms with E-state index in [0.29, 0.717) is 30.3 Å². The first-order chi connectivity index (χ1) is 13.9. The van der Waals surface area contributed by atoms with Gasteiger partial charge in [-0.3, -0.25) is 9.48 Å². The highest BCUT2D eigenvalue weighted by atomic mass is 79.9. The van der Waals surface area contributed by atoms with E-state index in [1.165, 1.54) is 0 Å². The van der Waals surface area contributed by atoms with Crippen LogP contribution in [0.25, 0.3) is 0 Å². The smallest absolute Gasteiger partial charge is 0.251 e. The van der Waals surface area contributed by atoms with Gasteiger partial charge < -0.3 is 10.1 Å². The minimum absolute atomic E-state index is 0.0955. The number of hydrogen-bond donors (Lipinski definition) is 1. The second-order valence-electron chi connectivity index (χ2n) is 6.76. The second-order valence-corrected chi connectivity index (χ2v) is 8.05. The van der Waals surface area contributed by atoms with E-state index in [4.69, 9.17) is 16.3 Å². The van der Waals surface area contributed by atoms with Crippen LogP contribution >= 0.6 is 27.5 Å². The first-order valence-electron chi connectivity index (χ1n) is 9.39. The lowest BCUT2D eigenvalue weighted by molar-refractivity contribution is 0.0952. The largest absolute Gasteiger partial charge is 0.489 e. The molecular weight excluding hydrogens is 454 g/mol. The number of nitrogens with one attached hydrogen (secondary N) is 1. The van der Waals surface area contributed by atoms with Crippen LogP contribution in [-0.4, -0.2) is 22.2 Å². The van der Waals surface area contributed by atoms with E-state index >= 15 is 0 Å². The van der Waals surface area contributed by atoms with Crippen molar-refractivity contribution in [1.82, 2.24) is 15.1 Å². The van der Waals surface area contributed by atoms with Crippen LogP contribution in [0, 0.1) is 13.8 Å². The number of halogens is 2. The Morgan fingerprint density at radius 3 is 2.66 bits per heavy atom. The second kappa shape index (κ2) is 9.94. The van der Waals surface area contributed by atoms with Gasteiger partial charge in [-0.2, -0.15) is 5.10 Å². The normalized spacial score (nSPS) is 10.8. The number of amides is 1. The summed E-state index contributed by atoms with van der Waals surface area (Å²) in [5, 5.41) is 8.06. The zero-order valence-electron chi connectivity index (χ0n) is 16.4. The monoisotopic (exact) mass is 475 g/mol. The van der Waals surface area contributed by atoms with Crippen LogP contribution < -0.4 is 10.1 Å². The van der Waals surface area contributed by atoms with Gasteiger partial charge in [0.25, 0.3) is 5.91 Å². The summed E-state index contributed by atoms with van der Waals surface area (Å²) in [7, 11) is 0. The van der Waals surface area contributed by atoms with Gasteiger partial charge in [0, 0.05) is 23.1 Å². The number of hydrogen-bond acceptors (Lipinski definition) is 3. The van der Waals surface area contributed by atoms with Gasteiger partial charge >= 0.3 is 0 Å². The van der Waals surface area contributed by atoms with Gasteiger partial charge in [0.05, 0.1) is 16.4 Å². The lowest BCUT2D eigenvalue weighted by Crippen LogP contribution is -2.25. The summed E-state index contributed by atoms with van der Waals surface area (Å²) in [5.41, 5.74) is 3.35. The molecule has 0 atom stereocenters. The van der Waals surface area contributed by atoms with Gasteiger partial charge in [0.15, 0.2) is 0 Å². The molecule has 5 nitrogen and oxygen atoms in total. The van der Waals surface area contributed by atoms with E-state index in [1.807, 2.05) is 61.0 Å². The molecule has 1 aromatic heterocycles. The number of aromatic nitrogens is 2. The molecule has 0 bridgehead atoms. The summed E-state index contributed by atoms with van der Waals surface area (Å²) in [6, 6.07) is 15.1. The summed E-state index contributed by atoms with van der Waals surface area (Å²) in [5.74, 6) is 0.689. The molecule has 152 valence electrons. The molecule has 0 aliphatic carbocycles. The van der Waals surface area contributed by atoms with E-state index < -0.39 is 0 Å². The van der Waals surface area contributed by atoms with E-state index in [0.717, 1.165) is 33.6 Å². The summed E-state index contributed by atoms with van der Waals surface area (Å²) < 4.78 is 8.66. The first kappa shape index (κ1) is 21.4. The molecule has 0 saturated carbocycles. The first-order valence-corrected chi connectivity index (χ1v) is 10.6. The maximum absolute atomic E-state index is 12.4. The van der Waals surface area contributed by atoms with Crippen molar-refractivity contribution < 1.29 is 9.53 Å². The summed E-state index contributed by atoms with van der Waals surface area (Å²) in [6.07, 6.45) is 0.774. The molecule has 0 radical (unpaired) electrons. The molecule has 0 aliphatic heterocycles. The van der Waals surface area contributed by atoms with Gasteiger partial charge in [-0.1, -0.05) is 39.7 Å². The molecule has 2 aromatic carbocycles. The summed E-state index contributed by atoms with van der Waals surface area (Å²) in [4.78, 5) is 12.4. The predicted octanol–water partition coefficient (Wildman–Crippen LogP) is 5.31. The molecule has 0 saturated heterocycles. The Bertz CT molecular complexity index is 986. The van der Waals surface area contributed by atoms with Gasteiger partial charge in [0.1, 0.15) is 12.4 Å². The molecule has 3 aromatic rings. The Morgan fingerprint density at radius 2 is 1.97 bits per heavy atom. The van der Waals surface area contributed by atoms with Gasteiger partial charge in [-0.15, -0.1) is 0 Å². The standard InChI is InChI=1S/C22H23BrClN3O2/c1-15-21(24)16(2)27(26-15)12-4-11-25-22(28)18-6-3-5-17(13-18)14-29-20-9-7-19(23)8-10-20/h3,5-10,13H,4,11-12,14H2,1-2H3,(H,25,28). The van der Waals surface area contributed by atoms with Crippen LogP contribution in [0.3, 0.4) is 0 Å². The average Bonchev–Trinajstić information content (AvgIpc) is 2.97. The molecule has 0 unspecified atom stereocenters. The molecule has 1 heterocycles. The topological polar surface area (TPSA) is 56.2 Å². The molecule has 29 heavy (non-hydrogen) atoms. The predicted molar refractivity (Wildman–Crippen MR) is 119 cm³/mol. The van der Waals surface area contributed by atoms with Gasteiger partial charge in [-0.25, -0.2) is 0 Å². The van der Waals surface area contributed by atoms with Crippen molar-refractivity contribution in [2.45, 2.75) is 33.4 Å². The van der Waals surface area contributed by atoms with Crippen molar-refractivity contribution in [1.29, 1.82) is 0 Å². The van der Waals surface area contributed by atoms with Crippen molar-refractivity contribution in [3.05, 3.63) is 80.5 Å².